The summed E-state index contributed by atoms with van der Waals surface area (Å²) in [6.07, 6.45) is 2.10. The van der Waals surface area contributed by atoms with Crippen LogP contribution in [-0.2, 0) is 16.1 Å². The molecular formula is C12H18N6O3. The van der Waals surface area contributed by atoms with Crippen LogP contribution in [0, 0.1) is 0 Å². The van der Waals surface area contributed by atoms with Crippen molar-refractivity contribution in [3.05, 3.63) is 12.2 Å². The number of urea groups is 1. The van der Waals surface area contributed by atoms with Crippen LogP contribution < -0.4 is 0 Å². The number of nitrogens with zero attached hydrogens (tertiary/aromatic N) is 5. The molecule has 4 amide bonds. The van der Waals surface area contributed by atoms with Crippen LogP contribution in [0.3, 0.4) is 0 Å². The number of likely N-dealkylation sites (N-methyl/N-ethyl adjacent to an activating group) is 1. The average molecular weight is 294 g/mol. The molecule has 0 aromatic carbocycles. The maximum Gasteiger partial charge on any atom is 0.326 e. The van der Waals surface area contributed by atoms with E-state index in [0.29, 0.717) is 18.8 Å². The van der Waals surface area contributed by atoms with Gasteiger partial charge in [0, 0.05) is 27.1 Å². The third kappa shape index (κ3) is 3.56. The topological polar surface area (TPSA) is 102 Å². The van der Waals surface area contributed by atoms with Gasteiger partial charge < -0.3 is 9.80 Å². The first kappa shape index (κ1) is 14.9. The normalized spacial score (nSPS) is 15.0. The van der Waals surface area contributed by atoms with Crippen molar-refractivity contribution >= 4 is 17.8 Å². The van der Waals surface area contributed by atoms with Gasteiger partial charge in [-0.2, -0.15) is 5.10 Å². The Bertz CT molecular complexity index is 529. The van der Waals surface area contributed by atoms with E-state index in [9.17, 15) is 14.4 Å². The minimum Gasteiger partial charge on any atom is -0.338 e. The summed E-state index contributed by atoms with van der Waals surface area (Å²) in [6, 6.07) is -0.303. The molecule has 1 aliphatic heterocycles. The monoisotopic (exact) mass is 294 g/mol. The zero-order valence-corrected chi connectivity index (χ0v) is 12.1. The predicted molar refractivity (Wildman–Crippen MR) is 71.8 cm³/mol. The minimum atomic E-state index is -0.303. The number of imide groups is 1. The van der Waals surface area contributed by atoms with Crippen LogP contribution in [0.15, 0.2) is 6.33 Å². The summed E-state index contributed by atoms with van der Waals surface area (Å²) in [6.45, 7) is 0.727. The highest BCUT2D eigenvalue weighted by Gasteiger charge is 2.32. The molecule has 1 aromatic rings. The molecule has 114 valence electrons. The Labute approximate surface area is 121 Å². The zero-order valence-electron chi connectivity index (χ0n) is 12.1. The van der Waals surface area contributed by atoms with E-state index >= 15 is 0 Å². The van der Waals surface area contributed by atoms with Crippen molar-refractivity contribution in [1.82, 2.24) is 29.9 Å². The number of amides is 4. The highest BCUT2D eigenvalue weighted by molar-refractivity contribution is 6.01. The van der Waals surface area contributed by atoms with E-state index in [4.69, 9.17) is 0 Å². The number of rotatable bonds is 6. The molecule has 1 aromatic heterocycles. The number of aromatic nitrogens is 3. The lowest BCUT2D eigenvalue weighted by atomic mass is 10.2. The number of hydrogen-bond donors (Lipinski definition) is 1. The number of carbonyl (C=O) groups is 3. The summed E-state index contributed by atoms with van der Waals surface area (Å²) in [7, 11) is 3.25. The molecule has 9 nitrogen and oxygen atoms in total. The number of hydrogen-bond acceptors (Lipinski definition) is 5. The third-order valence-corrected chi connectivity index (χ3v) is 3.28. The number of aromatic amines is 1. The van der Waals surface area contributed by atoms with Crippen molar-refractivity contribution in [3.63, 3.8) is 0 Å². The summed E-state index contributed by atoms with van der Waals surface area (Å²) < 4.78 is 0. The molecule has 0 saturated carbocycles. The number of H-pyrrole nitrogens is 1. The lowest BCUT2D eigenvalue weighted by molar-refractivity contribution is -0.131. The number of nitrogens with one attached hydrogen (secondary N) is 1. The van der Waals surface area contributed by atoms with Crippen molar-refractivity contribution in [2.45, 2.75) is 19.4 Å². The molecule has 1 N–H and O–H groups in total. The maximum atomic E-state index is 11.9. The van der Waals surface area contributed by atoms with Crippen molar-refractivity contribution < 1.29 is 14.4 Å². The van der Waals surface area contributed by atoms with E-state index in [1.165, 1.54) is 21.0 Å². The molecule has 0 unspecified atom stereocenters. The second-order valence-corrected chi connectivity index (χ2v) is 4.97. The van der Waals surface area contributed by atoms with Crippen LogP contribution in [0.1, 0.15) is 18.7 Å². The van der Waals surface area contributed by atoms with Gasteiger partial charge in [-0.3, -0.25) is 19.6 Å². The van der Waals surface area contributed by atoms with E-state index in [-0.39, 0.29) is 37.4 Å². The van der Waals surface area contributed by atoms with Crippen molar-refractivity contribution in [2.75, 3.05) is 27.2 Å². The van der Waals surface area contributed by atoms with Crippen LogP contribution in [0.4, 0.5) is 4.79 Å². The van der Waals surface area contributed by atoms with Gasteiger partial charge in [0.2, 0.25) is 11.8 Å². The van der Waals surface area contributed by atoms with Gasteiger partial charge in [0.05, 0.1) is 6.54 Å². The smallest absolute Gasteiger partial charge is 0.326 e. The first-order chi connectivity index (χ1) is 9.99. The Morgan fingerprint density at radius 3 is 2.81 bits per heavy atom. The Morgan fingerprint density at radius 2 is 2.24 bits per heavy atom. The highest BCUT2D eigenvalue weighted by atomic mass is 16.2. The molecular weight excluding hydrogens is 276 g/mol. The molecule has 0 aliphatic carbocycles. The molecule has 0 bridgehead atoms. The Morgan fingerprint density at radius 1 is 1.48 bits per heavy atom. The quantitative estimate of drug-likeness (QED) is 0.708. The molecule has 2 heterocycles. The Kier molecular flexibility index (Phi) is 4.51. The van der Waals surface area contributed by atoms with E-state index in [2.05, 4.69) is 15.2 Å². The SMILES string of the molecule is CN(Cc1ncn[nH]1)C(=O)CCCN1C(=O)CN(C)C1=O. The Hall–Kier alpha value is -2.45. The fourth-order valence-electron chi connectivity index (χ4n) is 2.09. The maximum absolute atomic E-state index is 11.9. The second kappa shape index (κ2) is 6.33. The largest absolute Gasteiger partial charge is 0.338 e. The van der Waals surface area contributed by atoms with Crippen LogP contribution >= 0.6 is 0 Å². The van der Waals surface area contributed by atoms with E-state index < -0.39 is 0 Å². The van der Waals surface area contributed by atoms with Crippen LogP contribution in [0.5, 0.6) is 0 Å². The summed E-state index contributed by atoms with van der Waals surface area (Å²) in [4.78, 5) is 43.2. The summed E-state index contributed by atoms with van der Waals surface area (Å²) >= 11 is 0. The van der Waals surface area contributed by atoms with Crippen LogP contribution in [0.25, 0.3) is 0 Å². The molecule has 0 radical (unpaired) electrons. The van der Waals surface area contributed by atoms with Crippen molar-refractivity contribution in [1.29, 1.82) is 0 Å². The molecule has 9 heteroatoms. The molecule has 0 atom stereocenters. The van der Waals surface area contributed by atoms with Crippen LogP contribution in [0.2, 0.25) is 0 Å². The van der Waals surface area contributed by atoms with Crippen molar-refractivity contribution in [3.8, 4) is 0 Å². The Balaban J connectivity index is 1.74. The first-order valence-electron chi connectivity index (χ1n) is 6.62. The average Bonchev–Trinajstić information content (AvgIpc) is 3.02. The van der Waals surface area contributed by atoms with Gasteiger partial charge >= 0.3 is 6.03 Å². The summed E-state index contributed by atoms with van der Waals surface area (Å²) in [5.74, 6) is 0.321. The zero-order chi connectivity index (χ0) is 15.4. The molecule has 2 rings (SSSR count). The standard InChI is InChI=1S/C12H18N6O3/c1-16(6-9-13-8-14-15-9)10(19)4-3-5-18-11(20)7-17(2)12(18)21/h8H,3-7H2,1-2H3,(H,13,14,15). The van der Waals surface area contributed by atoms with Gasteiger partial charge in [-0.25, -0.2) is 9.78 Å². The van der Waals surface area contributed by atoms with Gasteiger partial charge in [-0.05, 0) is 6.42 Å². The van der Waals surface area contributed by atoms with E-state index in [0.717, 1.165) is 0 Å². The molecule has 0 spiro atoms. The third-order valence-electron chi connectivity index (χ3n) is 3.28. The van der Waals surface area contributed by atoms with Crippen LogP contribution in [-0.4, -0.2) is 74.9 Å². The van der Waals surface area contributed by atoms with Gasteiger partial charge in [-0.15, -0.1) is 0 Å². The van der Waals surface area contributed by atoms with Gasteiger partial charge in [0.15, 0.2) is 0 Å². The fraction of sp³-hybridized carbons (Fsp3) is 0.583. The molecule has 1 aliphatic rings. The van der Waals surface area contributed by atoms with Gasteiger partial charge in [0.1, 0.15) is 18.7 Å². The van der Waals surface area contributed by atoms with E-state index in [1.807, 2.05) is 0 Å². The first-order valence-corrected chi connectivity index (χ1v) is 6.62. The van der Waals surface area contributed by atoms with Gasteiger partial charge in [0.25, 0.3) is 0 Å². The highest BCUT2D eigenvalue weighted by Crippen LogP contribution is 2.10. The predicted octanol–water partition coefficient (Wildman–Crippen LogP) is -0.563. The van der Waals surface area contributed by atoms with Gasteiger partial charge in [-0.1, -0.05) is 0 Å². The number of carbonyl (C=O) groups excluding carboxylic acids is 3. The van der Waals surface area contributed by atoms with Crippen molar-refractivity contribution in [2.24, 2.45) is 0 Å². The molecule has 1 saturated heterocycles. The molecule has 1 fully saturated rings. The van der Waals surface area contributed by atoms with E-state index in [1.54, 1.807) is 14.1 Å². The second-order valence-electron chi connectivity index (χ2n) is 4.97. The summed E-state index contributed by atoms with van der Waals surface area (Å²) in [5, 5.41) is 6.39. The fourth-order valence-corrected chi connectivity index (χ4v) is 2.09. The minimum absolute atomic E-state index is 0.0705. The molecule has 21 heavy (non-hydrogen) atoms. The lowest BCUT2D eigenvalue weighted by Crippen LogP contribution is -2.33. The lowest BCUT2D eigenvalue weighted by Gasteiger charge is -2.17. The summed E-state index contributed by atoms with van der Waals surface area (Å²) in [5.41, 5.74) is 0.